The van der Waals surface area contributed by atoms with Crippen LogP contribution >= 0.6 is 11.8 Å². The van der Waals surface area contributed by atoms with Crippen molar-refractivity contribution in [1.82, 2.24) is 14.5 Å². The second-order valence-corrected chi connectivity index (χ2v) is 7.54. The van der Waals surface area contributed by atoms with E-state index < -0.39 is 17.0 Å². The number of pyridine rings is 1. The number of nitrogen functional groups attached to an aromatic ring is 1. The number of aryl methyl sites for hydroxylation is 1. The molecule has 27 heavy (non-hydrogen) atoms. The number of carbonyl (C=O) groups is 1. The van der Waals surface area contributed by atoms with Gasteiger partial charge in [0.2, 0.25) is 0 Å². The summed E-state index contributed by atoms with van der Waals surface area (Å²) in [6, 6.07) is 2.06. The maximum Gasteiger partial charge on any atom is 0.330 e. The van der Waals surface area contributed by atoms with Gasteiger partial charge in [-0.1, -0.05) is 11.8 Å². The van der Waals surface area contributed by atoms with E-state index in [1.807, 2.05) is 20.8 Å². The molecule has 1 fully saturated rings. The van der Waals surface area contributed by atoms with Gasteiger partial charge < -0.3 is 5.73 Å². The third-order valence-corrected chi connectivity index (χ3v) is 5.76. The van der Waals surface area contributed by atoms with E-state index in [0.29, 0.717) is 10.6 Å². The molecule has 0 atom stereocenters. The molecule has 3 N–H and O–H groups in total. The molecule has 1 saturated carbocycles. The molecule has 0 radical (unpaired) electrons. The Bertz CT molecular complexity index is 1110. The van der Waals surface area contributed by atoms with Crippen molar-refractivity contribution in [2.75, 3.05) is 11.5 Å². The van der Waals surface area contributed by atoms with Gasteiger partial charge in [-0.3, -0.25) is 19.1 Å². The number of nitrogens with two attached hydrogens (primary N) is 1. The number of rotatable bonds is 5. The first kappa shape index (κ1) is 18.9. The highest BCUT2D eigenvalue weighted by Gasteiger charge is 2.30. The van der Waals surface area contributed by atoms with Crippen molar-refractivity contribution >= 4 is 23.4 Å². The summed E-state index contributed by atoms with van der Waals surface area (Å²) in [6.45, 7) is 5.56. The number of hydrogen-bond acceptors (Lipinski definition) is 7. The van der Waals surface area contributed by atoms with E-state index in [4.69, 9.17) is 5.73 Å². The minimum Gasteiger partial charge on any atom is -0.384 e. The Hall–Kier alpha value is -2.86. The quantitative estimate of drug-likeness (QED) is 0.590. The predicted molar refractivity (Wildman–Crippen MR) is 102 cm³/mol. The zero-order valence-electron chi connectivity index (χ0n) is 15.3. The van der Waals surface area contributed by atoms with Crippen molar-refractivity contribution in [1.29, 1.82) is 5.26 Å². The molecular weight excluding hydrogens is 366 g/mol. The Labute approximate surface area is 159 Å². The number of nitrogens with zero attached hydrogens (tertiary/aromatic N) is 3. The number of H-pyrrole nitrogens is 1. The Morgan fingerprint density at radius 1 is 1.33 bits per heavy atom. The van der Waals surface area contributed by atoms with E-state index in [2.05, 4.69) is 16.0 Å². The van der Waals surface area contributed by atoms with Crippen LogP contribution in [-0.4, -0.2) is 26.1 Å². The number of hydrogen-bond donors (Lipinski definition) is 2. The lowest BCUT2D eigenvalue weighted by molar-refractivity contribution is 0.102. The van der Waals surface area contributed by atoms with Gasteiger partial charge in [0.15, 0.2) is 5.78 Å². The second-order valence-electron chi connectivity index (χ2n) is 6.57. The lowest BCUT2D eigenvalue weighted by Crippen LogP contribution is -2.36. The number of nitriles is 1. The molecule has 0 aromatic carbocycles. The van der Waals surface area contributed by atoms with Crippen LogP contribution < -0.4 is 17.0 Å². The highest BCUT2D eigenvalue weighted by Crippen LogP contribution is 2.35. The maximum absolute atomic E-state index is 12.7. The van der Waals surface area contributed by atoms with Crippen molar-refractivity contribution in [3.8, 4) is 6.07 Å². The van der Waals surface area contributed by atoms with Crippen LogP contribution in [0, 0.1) is 32.1 Å². The van der Waals surface area contributed by atoms with E-state index in [9.17, 15) is 19.6 Å². The summed E-state index contributed by atoms with van der Waals surface area (Å²) in [4.78, 5) is 43.3. The number of ketones is 1. The number of nitrogens with one attached hydrogen (secondary N) is 1. The van der Waals surface area contributed by atoms with E-state index in [0.717, 1.165) is 41.4 Å². The number of aromatic nitrogens is 3. The van der Waals surface area contributed by atoms with Crippen molar-refractivity contribution in [2.24, 2.45) is 0 Å². The van der Waals surface area contributed by atoms with Gasteiger partial charge in [-0.15, -0.1) is 0 Å². The first-order chi connectivity index (χ1) is 12.8. The van der Waals surface area contributed by atoms with Crippen LogP contribution in [0.25, 0.3) is 0 Å². The van der Waals surface area contributed by atoms with Gasteiger partial charge in [-0.05, 0) is 44.7 Å². The molecule has 0 spiro atoms. The number of carbonyl (C=O) groups excluding carboxylic acids is 1. The Kier molecular flexibility index (Phi) is 4.93. The van der Waals surface area contributed by atoms with Crippen molar-refractivity contribution < 1.29 is 4.79 Å². The van der Waals surface area contributed by atoms with E-state index >= 15 is 0 Å². The lowest BCUT2D eigenvalue weighted by atomic mass is 10.1. The molecule has 9 heteroatoms. The maximum atomic E-state index is 12.7. The van der Waals surface area contributed by atoms with E-state index in [-0.39, 0.29) is 23.2 Å². The molecule has 2 heterocycles. The van der Waals surface area contributed by atoms with Crippen molar-refractivity contribution in [3.63, 3.8) is 0 Å². The zero-order valence-corrected chi connectivity index (χ0v) is 16.1. The van der Waals surface area contributed by atoms with Crippen LogP contribution in [0.3, 0.4) is 0 Å². The topological polar surface area (TPSA) is 135 Å². The average molecular weight is 385 g/mol. The fourth-order valence-corrected chi connectivity index (χ4v) is 3.84. The lowest BCUT2D eigenvalue weighted by Gasteiger charge is -2.12. The standard InChI is InChI=1S/C18H19N5O3S/c1-8-9(2)12(6-19)17(21-10(8)3)27-7-13(24)14-15(20)23(11-4-5-11)18(26)22-16(14)25/h11H,4-5,7,20H2,1-3H3,(H,22,25,26). The molecular formula is C18H19N5O3S. The molecule has 0 saturated heterocycles. The van der Waals surface area contributed by atoms with Crippen LogP contribution in [0.15, 0.2) is 14.6 Å². The molecule has 0 bridgehead atoms. The first-order valence-electron chi connectivity index (χ1n) is 8.44. The molecule has 0 unspecified atom stereocenters. The summed E-state index contributed by atoms with van der Waals surface area (Å²) < 4.78 is 1.28. The Morgan fingerprint density at radius 2 is 2.00 bits per heavy atom. The molecule has 1 aliphatic rings. The molecule has 2 aromatic heterocycles. The first-order valence-corrected chi connectivity index (χ1v) is 9.43. The fraction of sp³-hybridized carbons (Fsp3) is 0.389. The van der Waals surface area contributed by atoms with E-state index in [1.54, 1.807) is 0 Å². The average Bonchev–Trinajstić information content (AvgIpc) is 3.42. The molecule has 3 rings (SSSR count). The van der Waals surface area contributed by atoms with Gasteiger partial charge in [0.05, 0.1) is 11.3 Å². The summed E-state index contributed by atoms with van der Waals surface area (Å²) in [7, 11) is 0. The summed E-state index contributed by atoms with van der Waals surface area (Å²) in [6.07, 6.45) is 1.58. The van der Waals surface area contributed by atoms with Crippen LogP contribution in [0.4, 0.5) is 5.82 Å². The van der Waals surface area contributed by atoms with Gasteiger partial charge in [0, 0.05) is 11.7 Å². The summed E-state index contributed by atoms with van der Waals surface area (Å²) in [5, 5.41) is 9.86. The van der Waals surface area contributed by atoms with E-state index in [1.165, 1.54) is 4.57 Å². The van der Waals surface area contributed by atoms with Crippen LogP contribution in [0.5, 0.6) is 0 Å². The largest absolute Gasteiger partial charge is 0.384 e. The highest BCUT2D eigenvalue weighted by atomic mass is 32.2. The predicted octanol–water partition coefficient (Wildman–Crippen LogP) is 1.62. The molecule has 0 amide bonds. The summed E-state index contributed by atoms with van der Waals surface area (Å²) in [5.41, 5.74) is 7.31. The second kappa shape index (κ2) is 7.04. The molecule has 8 nitrogen and oxygen atoms in total. The van der Waals surface area contributed by atoms with Crippen molar-refractivity contribution in [3.05, 3.63) is 48.8 Å². The Balaban J connectivity index is 1.92. The number of thioether (sulfide) groups is 1. The smallest absolute Gasteiger partial charge is 0.330 e. The van der Waals surface area contributed by atoms with Crippen LogP contribution in [0.1, 0.15) is 51.6 Å². The highest BCUT2D eigenvalue weighted by molar-refractivity contribution is 8.00. The molecule has 0 aliphatic heterocycles. The van der Waals surface area contributed by atoms with Crippen LogP contribution in [-0.2, 0) is 0 Å². The van der Waals surface area contributed by atoms with Gasteiger partial charge in [-0.25, -0.2) is 9.78 Å². The zero-order chi connectivity index (χ0) is 19.9. The number of Topliss-reactive ketones (excluding diaryl/α,β-unsaturated/α-hetero) is 1. The van der Waals surface area contributed by atoms with Gasteiger partial charge >= 0.3 is 5.69 Å². The summed E-state index contributed by atoms with van der Waals surface area (Å²) in [5.74, 6) is -0.712. The van der Waals surface area contributed by atoms with Crippen LogP contribution in [0.2, 0.25) is 0 Å². The molecule has 2 aromatic rings. The number of anilines is 1. The summed E-state index contributed by atoms with van der Waals surface area (Å²) >= 11 is 1.08. The fourth-order valence-electron chi connectivity index (χ4n) is 2.88. The molecule has 1 aliphatic carbocycles. The molecule has 140 valence electrons. The monoisotopic (exact) mass is 385 g/mol. The van der Waals surface area contributed by atoms with Gasteiger partial charge in [0.1, 0.15) is 22.5 Å². The SMILES string of the molecule is Cc1nc(SCC(=O)c2c(N)n(C3CC3)c(=O)[nH]c2=O)c(C#N)c(C)c1C. The normalized spacial score (nSPS) is 13.4. The minimum atomic E-state index is -0.787. The van der Waals surface area contributed by atoms with Gasteiger partial charge in [-0.2, -0.15) is 5.26 Å². The third kappa shape index (κ3) is 3.40. The minimum absolute atomic E-state index is 0.0668. The van der Waals surface area contributed by atoms with Gasteiger partial charge in [0.25, 0.3) is 5.56 Å². The van der Waals surface area contributed by atoms with Crippen molar-refractivity contribution in [2.45, 2.75) is 44.7 Å². The third-order valence-electron chi connectivity index (χ3n) is 4.79. The Morgan fingerprint density at radius 3 is 2.59 bits per heavy atom. The number of aromatic amines is 1.